The summed E-state index contributed by atoms with van der Waals surface area (Å²) in [5, 5.41) is 3.53. The molecule has 18 heavy (non-hydrogen) atoms. The summed E-state index contributed by atoms with van der Waals surface area (Å²) >= 11 is 0. The quantitative estimate of drug-likeness (QED) is 0.764. The maximum absolute atomic E-state index is 3.53. The van der Waals surface area contributed by atoms with E-state index in [0.29, 0.717) is 0 Å². The Bertz CT molecular complexity index is 320. The summed E-state index contributed by atoms with van der Waals surface area (Å²) in [7, 11) is 0. The molecular formula is C17H27N. The Hall–Kier alpha value is -0.820. The Balaban J connectivity index is 1.69. The van der Waals surface area contributed by atoms with Gasteiger partial charge in [0.05, 0.1) is 0 Å². The summed E-state index contributed by atoms with van der Waals surface area (Å²) < 4.78 is 0. The van der Waals surface area contributed by atoms with Gasteiger partial charge in [0.2, 0.25) is 0 Å². The first-order valence-corrected chi connectivity index (χ1v) is 7.64. The molecule has 2 atom stereocenters. The van der Waals surface area contributed by atoms with Crippen LogP contribution in [0, 0.1) is 11.8 Å². The highest BCUT2D eigenvalue weighted by Crippen LogP contribution is 2.34. The van der Waals surface area contributed by atoms with Crippen LogP contribution in [0.2, 0.25) is 0 Å². The Morgan fingerprint density at radius 2 is 1.89 bits per heavy atom. The van der Waals surface area contributed by atoms with Crippen molar-refractivity contribution in [2.75, 3.05) is 13.1 Å². The van der Waals surface area contributed by atoms with E-state index in [4.69, 9.17) is 0 Å². The lowest BCUT2D eigenvalue weighted by Crippen LogP contribution is -2.25. The smallest absolute Gasteiger partial charge is 0.00180 e. The van der Waals surface area contributed by atoms with Crippen LogP contribution in [0.5, 0.6) is 0 Å². The molecule has 2 unspecified atom stereocenters. The van der Waals surface area contributed by atoms with Gasteiger partial charge in [-0.15, -0.1) is 0 Å². The number of hydrogen-bond donors (Lipinski definition) is 1. The van der Waals surface area contributed by atoms with Crippen molar-refractivity contribution in [3.8, 4) is 0 Å². The first-order chi connectivity index (χ1) is 8.90. The molecule has 1 aromatic carbocycles. The molecule has 1 fully saturated rings. The highest BCUT2D eigenvalue weighted by Gasteiger charge is 2.25. The van der Waals surface area contributed by atoms with Crippen LogP contribution in [-0.2, 0) is 6.42 Å². The fourth-order valence-electron chi connectivity index (χ4n) is 3.31. The summed E-state index contributed by atoms with van der Waals surface area (Å²) in [5.41, 5.74) is 1.50. The lowest BCUT2D eigenvalue weighted by Gasteiger charge is -2.19. The van der Waals surface area contributed by atoms with E-state index in [1.807, 2.05) is 0 Å². The van der Waals surface area contributed by atoms with E-state index in [1.54, 1.807) is 0 Å². The van der Waals surface area contributed by atoms with Crippen molar-refractivity contribution in [3.63, 3.8) is 0 Å². The van der Waals surface area contributed by atoms with E-state index in [-0.39, 0.29) is 0 Å². The standard InChI is InChI=1S/C17H27N/c1-2-18-14-17-13-7-12-16(17)11-6-10-15-8-4-3-5-9-15/h3-5,8-9,16-18H,2,6-7,10-14H2,1H3. The number of hydrogen-bond acceptors (Lipinski definition) is 1. The third-order valence-corrected chi connectivity index (χ3v) is 4.36. The van der Waals surface area contributed by atoms with Gasteiger partial charge in [-0.25, -0.2) is 0 Å². The number of aryl methyl sites for hydroxylation is 1. The molecule has 2 rings (SSSR count). The molecule has 1 nitrogen and oxygen atoms in total. The minimum Gasteiger partial charge on any atom is -0.317 e. The van der Waals surface area contributed by atoms with Crippen LogP contribution in [0.25, 0.3) is 0 Å². The van der Waals surface area contributed by atoms with E-state index < -0.39 is 0 Å². The zero-order valence-electron chi connectivity index (χ0n) is 11.7. The van der Waals surface area contributed by atoms with Crippen LogP contribution in [0.1, 0.15) is 44.6 Å². The zero-order chi connectivity index (χ0) is 12.6. The van der Waals surface area contributed by atoms with Gasteiger partial charge >= 0.3 is 0 Å². The molecule has 1 N–H and O–H groups in total. The zero-order valence-corrected chi connectivity index (χ0v) is 11.7. The molecule has 0 saturated heterocycles. The van der Waals surface area contributed by atoms with Crippen molar-refractivity contribution >= 4 is 0 Å². The first kappa shape index (κ1) is 13.6. The number of nitrogens with one attached hydrogen (secondary N) is 1. The van der Waals surface area contributed by atoms with Crippen molar-refractivity contribution in [3.05, 3.63) is 35.9 Å². The van der Waals surface area contributed by atoms with Crippen LogP contribution in [0.4, 0.5) is 0 Å². The number of rotatable bonds is 7. The van der Waals surface area contributed by atoms with Gasteiger partial charge in [0.15, 0.2) is 0 Å². The molecule has 0 radical (unpaired) electrons. The van der Waals surface area contributed by atoms with Crippen molar-refractivity contribution in [1.82, 2.24) is 5.32 Å². The van der Waals surface area contributed by atoms with E-state index in [2.05, 4.69) is 42.6 Å². The molecule has 0 aromatic heterocycles. The second kappa shape index (κ2) is 7.58. The van der Waals surface area contributed by atoms with Crippen LogP contribution in [-0.4, -0.2) is 13.1 Å². The van der Waals surface area contributed by atoms with Crippen molar-refractivity contribution in [1.29, 1.82) is 0 Å². The van der Waals surface area contributed by atoms with Gasteiger partial charge in [0.1, 0.15) is 0 Å². The second-order valence-corrected chi connectivity index (χ2v) is 5.64. The maximum Gasteiger partial charge on any atom is -0.00180 e. The molecule has 1 saturated carbocycles. The Labute approximate surface area is 112 Å². The average Bonchev–Trinajstić information content (AvgIpc) is 2.85. The predicted octanol–water partition coefficient (Wildman–Crippen LogP) is 4.04. The first-order valence-electron chi connectivity index (χ1n) is 7.64. The third kappa shape index (κ3) is 4.13. The van der Waals surface area contributed by atoms with Gasteiger partial charge in [0, 0.05) is 0 Å². The van der Waals surface area contributed by atoms with Crippen LogP contribution < -0.4 is 5.32 Å². The fraction of sp³-hybridized carbons (Fsp3) is 0.647. The molecule has 0 amide bonds. The summed E-state index contributed by atoms with van der Waals surface area (Å²) in [6, 6.07) is 10.9. The monoisotopic (exact) mass is 245 g/mol. The van der Waals surface area contributed by atoms with E-state index >= 15 is 0 Å². The van der Waals surface area contributed by atoms with Crippen molar-refractivity contribution in [2.24, 2.45) is 11.8 Å². The molecule has 1 aliphatic rings. The molecule has 0 aliphatic heterocycles. The largest absolute Gasteiger partial charge is 0.317 e. The van der Waals surface area contributed by atoms with Crippen molar-refractivity contribution in [2.45, 2.75) is 45.4 Å². The second-order valence-electron chi connectivity index (χ2n) is 5.64. The molecule has 0 spiro atoms. The summed E-state index contributed by atoms with van der Waals surface area (Å²) in [4.78, 5) is 0. The van der Waals surface area contributed by atoms with Gasteiger partial charge in [0.25, 0.3) is 0 Å². The molecular weight excluding hydrogens is 218 g/mol. The molecule has 1 aromatic rings. The normalized spacial score (nSPS) is 23.4. The SMILES string of the molecule is CCNCC1CCCC1CCCc1ccccc1. The van der Waals surface area contributed by atoms with E-state index in [9.17, 15) is 0 Å². The molecule has 1 aliphatic carbocycles. The Morgan fingerprint density at radius 3 is 2.67 bits per heavy atom. The Kier molecular flexibility index (Phi) is 5.73. The predicted molar refractivity (Wildman–Crippen MR) is 78.8 cm³/mol. The van der Waals surface area contributed by atoms with Crippen LogP contribution in [0.15, 0.2) is 30.3 Å². The van der Waals surface area contributed by atoms with Gasteiger partial charge < -0.3 is 5.32 Å². The van der Waals surface area contributed by atoms with Crippen LogP contribution >= 0.6 is 0 Å². The number of benzene rings is 1. The minimum atomic E-state index is 0.945. The third-order valence-electron chi connectivity index (χ3n) is 4.36. The summed E-state index contributed by atoms with van der Waals surface area (Å²) in [5.74, 6) is 1.92. The fourth-order valence-corrected chi connectivity index (χ4v) is 3.31. The van der Waals surface area contributed by atoms with Gasteiger partial charge in [-0.1, -0.05) is 50.1 Å². The summed E-state index contributed by atoms with van der Waals surface area (Å²) in [6.45, 7) is 4.57. The van der Waals surface area contributed by atoms with Crippen molar-refractivity contribution < 1.29 is 0 Å². The molecule has 0 bridgehead atoms. The maximum atomic E-state index is 3.53. The lowest BCUT2D eigenvalue weighted by molar-refractivity contribution is 0.343. The topological polar surface area (TPSA) is 12.0 Å². The van der Waals surface area contributed by atoms with Gasteiger partial charge in [-0.2, -0.15) is 0 Å². The highest BCUT2D eigenvalue weighted by molar-refractivity contribution is 5.14. The van der Waals surface area contributed by atoms with Gasteiger partial charge in [-0.05, 0) is 56.2 Å². The molecule has 1 heteroatoms. The van der Waals surface area contributed by atoms with Gasteiger partial charge in [-0.3, -0.25) is 0 Å². The van der Waals surface area contributed by atoms with E-state index in [0.717, 1.165) is 18.4 Å². The minimum absolute atomic E-state index is 0.945. The van der Waals surface area contributed by atoms with Crippen LogP contribution in [0.3, 0.4) is 0 Å². The molecule has 100 valence electrons. The van der Waals surface area contributed by atoms with E-state index in [1.165, 1.54) is 50.6 Å². The summed E-state index contributed by atoms with van der Waals surface area (Å²) in [6.07, 6.45) is 8.40. The average molecular weight is 245 g/mol. The lowest BCUT2D eigenvalue weighted by atomic mass is 9.90. The molecule has 0 heterocycles. The highest BCUT2D eigenvalue weighted by atomic mass is 14.8. The Morgan fingerprint density at radius 1 is 1.11 bits per heavy atom.